The van der Waals surface area contributed by atoms with E-state index in [0.29, 0.717) is 23.5 Å². The highest BCUT2D eigenvalue weighted by atomic mass is 79.9. The normalized spacial score (nSPS) is 19.0. The lowest BCUT2D eigenvalue weighted by atomic mass is 9.94. The molecule has 0 aromatic carbocycles. The van der Waals surface area contributed by atoms with Crippen molar-refractivity contribution in [3.05, 3.63) is 21.0 Å². The number of nitrogens with zero attached hydrogens (tertiary/aromatic N) is 3. The van der Waals surface area contributed by atoms with Crippen LogP contribution < -0.4 is 16.2 Å². The van der Waals surface area contributed by atoms with Crippen LogP contribution in [0.1, 0.15) is 19.3 Å². The zero-order chi connectivity index (χ0) is 15.2. The van der Waals surface area contributed by atoms with Crippen LogP contribution in [0.4, 0.5) is 5.69 Å². The summed E-state index contributed by atoms with van der Waals surface area (Å²) in [5.74, 6) is 0.603. The van der Waals surface area contributed by atoms with Crippen LogP contribution in [0.25, 0.3) is 0 Å². The van der Waals surface area contributed by atoms with Crippen molar-refractivity contribution in [1.29, 1.82) is 0 Å². The maximum atomic E-state index is 12.3. The Morgan fingerprint density at radius 2 is 2.38 bits per heavy atom. The van der Waals surface area contributed by atoms with Crippen molar-refractivity contribution in [1.82, 2.24) is 9.78 Å². The van der Waals surface area contributed by atoms with Gasteiger partial charge in [0.15, 0.2) is 0 Å². The van der Waals surface area contributed by atoms with E-state index in [-0.39, 0.29) is 5.56 Å². The second-order valence-electron chi connectivity index (χ2n) is 5.40. The lowest BCUT2D eigenvalue weighted by molar-refractivity contribution is 0.181. The summed E-state index contributed by atoms with van der Waals surface area (Å²) in [6.07, 6.45) is 5.14. The molecule has 1 fully saturated rings. The van der Waals surface area contributed by atoms with Gasteiger partial charge in [-0.05, 0) is 47.7 Å². The summed E-state index contributed by atoms with van der Waals surface area (Å²) >= 11 is 3.44. The van der Waals surface area contributed by atoms with Crippen molar-refractivity contribution >= 4 is 21.6 Å². The van der Waals surface area contributed by atoms with E-state index in [4.69, 9.17) is 10.5 Å². The molecule has 2 heterocycles. The molecule has 7 heteroatoms. The number of anilines is 1. The third-order valence-corrected chi connectivity index (χ3v) is 4.65. The molecule has 21 heavy (non-hydrogen) atoms. The monoisotopic (exact) mass is 358 g/mol. The SMILES string of the molecule is COCCn1ncc(N2CCCC(CCN)C2)c(Br)c1=O. The van der Waals surface area contributed by atoms with Crippen LogP contribution in [0.5, 0.6) is 0 Å². The van der Waals surface area contributed by atoms with E-state index < -0.39 is 0 Å². The smallest absolute Gasteiger partial charge is 0.283 e. The molecule has 1 aromatic heterocycles. The minimum absolute atomic E-state index is 0.106. The summed E-state index contributed by atoms with van der Waals surface area (Å²) in [7, 11) is 1.61. The van der Waals surface area contributed by atoms with E-state index in [1.165, 1.54) is 11.1 Å². The zero-order valence-corrected chi connectivity index (χ0v) is 14.0. The highest BCUT2D eigenvalue weighted by Gasteiger charge is 2.22. The van der Waals surface area contributed by atoms with Crippen LogP contribution in [-0.2, 0) is 11.3 Å². The first-order valence-electron chi connectivity index (χ1n) is 7.37. The highest BCUT2D eigenvalue weighted by Crippen LogP contribution is 2.28. The number of rotatable bonds is 6. The third kappa shape index (κ3) is 4.05. The minimum atomic E-state index is -0.106. The Bertz CT molecular complexity index is 518. The number of piperidine rings is 1. The molecule has 1 aliphatic rings. The molecular weight excluding hydrogens is 336 g/mol. The molecule has 0 amide bonds. The molecule has 0 spiro atoms. The Morgan fingerprint density at radius 3 is 3.10 bits per heavy atom. The Balaban J connectivity index is 2.16. The summed E-state index contributed by atoms with van der Waals surface area (Å²) in [6, 6.07) is 0. The van der Waals surface area contributed by atoms with Crippen LogP contribution in [0, 0.1) is 5.92 Å². The molecule has 2 rings (SSSR count). The van der Waals surface area contributed by atoms with Crippen LogP contribution in [0.3, 0.4) is 0 Å². The van der Waals surface area contributed by atoms with Gasteiger partial charge < -0.3 is 15.4 Å². The molecule has 1 atom stereocenters. The van der Waals surface area contributed by atoms with Crippen LogP contribution in [-0.4, -0.2) is 43.1 Å². The van der Waals surface area contributed by atoms with E-state index in [1.807, 2.05) is 0 Å². The maximum Gasteiger partial charge on any atom is 0.283 e. The molecule has 118 valence electrons. The van der Waals surface area contributed by atoms with Gasteiger partial charge in [-0.1, -0.05) is 0 Å². The largest absolute Gasteiger partial charge is 0.383 e. The molecule has 6 nitrogen and oxygen atoms in total. The predicted octanol–water partition coefficient (Wildman–Crippen LogP) is 1.22. The maximum absolute atomic E-state index is 12.3. The van der Waals surface area contributed by atoms with Gasteiger partial charge in [-0.3, -0.25) is 4.79 Å². The van der Waals surface area contributed by atoms with Gasteiger partial charge in [-0.25, -0.2) is 4.68 Å². The Morgan fingerprint density at radius 1 is 1.57 bits per heavy atom. The summed E-state index contributed by atoms with van der Waals surface area (Å²) in [4.78, 5) is 14.5. The van der Waals surface area contributed by atoms with E-state index in [9.17, 15) is 4.79 Å². The van der Waals surface area contributed by atoms with Crippen molar-refractivity contribution < 1.29 is 4.74 Å². The second-order valence-corrected chi connectivity index (χ2v) is 6.19. The van der Waals surface area contributed by atoms with Gasteiger partial charge in [0.25, 0.3) is 5.56 Å². The highest BCUT2D eigenvalue weighted by molar-refractivity contribution is 9.10. The van der Waals surface area contributed by atoms with Crippen molar-refractivity contribution in [2.45, 2.75) is 25.8 Å². The average Bonchev–Trinajstić information content (AvgIpc) is 2.49. The van der Waals surface area contributed by atoms with Gasteiger partial charge in [0.1, 0.15) is 4.47 Å². The topological polar surface area (TPSA) is 73.4 Å². The van der Waals surface area contributed by atoms with E-state index >= 15 is 0 Å². The lowest BCUT2D eigenvalue weighted by Crippen LogP contribution is -2.38. The summed E-state index contributed by atoms with van der Waals surface area (Å²) < 4.78 is 7.01. The summed E-state index contributed by atoms with van der Waals surface area (Å²) in [6.45, 7) is 3.56. The fraction of sp³-hybridized carbons (Fsp3) is 0.714. The third-order valence-electron chi connectivity index (χ3n) is 3.91. The van der Waals surface area contributed by atoms with Crippen molar-refractivity contribution in [3.8, 4) is 0 Å². The number of hydrogen-bond acceptors (Lipinski definition) is 5. The Kier molecular flexibility index (Phi) is 6.20. The first kappa shape index (κ1) is 16.5. The van der Waals surface area contributed by atoms with Crippen molar-refractivity contribution in [3.63, 3.8) is 0 Å². The van der Waals surface area contributed by atoms with Crippen LogP contribution >= 0.6 is 15.9 Å². The van der Waals surface area contributed by atoms with E-state index in [0.717, 1.165) is 38.2 Å². The Labute approximate surface area is 133 Å². The molecule has 1 aromatic rings. The number of aromatic nitrogens is 2. The van der Waals surface area contributed by atoms with Crippen molar-refractivity contribution in [2.75, 3.05) is 38.3 Å². The minimum Gasteiger partial charge on any atom is -0.383 e. The van der Waals surface area contributed by atoms with Crippen LogP contribution in [0.15, 0.2) is 15.5 Å². The average molecular weight is 359 g/mol. The predicted molar refractivity (Wildman–Crippen MR) is 86.7 cm³/mol. The first-order chi connectivity index (χ1) is 10.2. The summed E-state index contributed by atoms with van der Waals surface area (Å²) in [5, 5.41) is 4.25. The van der Waals surface area contributed by atoms with E-state index in [2.05, 4.69) is 25.9 Å². The molecule has 0 saturated carbocycles. The van der Waals surface area contributed by atoms with E-state index in [1.54, 1.807) is 13.3 Å². The number of methoxy groups -OCH3 is 1. The number of nitrogens with two attached hydrogens (primary N) is 1. The quantitative estimate of drug-likeness (QED) is 0.827. The van der Waals surface area contributed by atoms with Gasteiger partial charge >= 0.3 is 0 Å². The fourth-order valence-electron chi connectivity index (χ4n) is 2.77. The number of ether oxygens (including phenoxy) is 1. The molecule has 0 aliphatic carbocycles. The van der Waals surface area contributed by atoms with Gasteiger partial charge in [-0.2, -0.15) is 5.10 Å². The van der Waals surface area contributed by atoms with Crippen molar-refractivity contribution in [2.24, 2.45) is 11.7 Å². The van der Waals surface area contributed by atoms with Gasteiger partial charge in [-0.15, -0.1) is 0 Å². The molecule has 0 bridgehead atoms. The second kappa shape index (κ2) is 7.91. The first-order valence-corrected chi connectivity index (χ1v) is 8.16. The molecular formula is C14H23BrN4O2. The molecule has 1 saturated heterocycles. The molecule has 1 aliphatic heterocycles. The number of halogens is 1. The molecule has 2 N–H and O–H groups in total. The number of hydrogen-bond donors (Lipinski definition) is 1. The fourth-order valence-corrected chi connectivity index (χ4v) is 3.33. The lowest BCUT2D eigenvalue weighted by Gasteiger charge is -2.34. The van der Waals surface area contributed by atoms with Crippen LogP contribution in [0.2, 0.25) is 0 Å². The zero-order valence-electron chi connectivity index (χ0n) is 12.4. The Hall–Kier alpha value is -0.920. The van der Waals surface area contributed by atoms with Gasteiger partial charge in [0.2, 0.25) is 0 Å². The summed E-state index contributed by atoms with van der Waals surface area (Å²) in [5.41, 5.74) is 6.44. The molecule has 1 unspecified atom stereocenters. The molecule has 0 radical (unpaired) electrons. The standard InChI is InChI=1S/C14H23BrN4O2/c1-21-8-7-19-14(20)13(15)12(9-17-19)18-6-2-3-11(10-18)4-5-16/h9,11H,2-8,10,16H2,1H3. The van der Waals surface area contributed by atoms with Gasteiger partial charge in [0, 0.05) is 20.2 Å². The van der Waals surface area contributed by atoms with Gasteiger partial charge in [0.05, 0.1) is 25.0 Å².